The van der Waals surface area contributed by atoms with Crippen molar-refractivity contribution in [1.82, 2.24) is 4.57 Å². The highest BCUT2D eigenvalue weighted by molar-refractivity contribution is 5.12. The van der Waals surface area contributed by atoms with Gasteiger partial charge >= 0.3 is 0 Å². The molecule has 0 radical (unpaired) electrons. The number of hydrogen-bond acceptors (Lipinski definition) is 2. The molecule has 2 rings (SSSR count). The van der Waals surface area contributed by atoms with Gasteiger partial charge in [-0.1, -0.05) is 6.07 Å². The van der Waals surface area contributed by atoms with E-state index in [-0.39, 0.29) is 18.2 Å². The van der Waals surface area contributed by atoms with Gasteiger partial charge in [-0.05, 0) is 18.9 Å². The third-order valence-corrected chi connectivity index (χ3v) is 2.38. The molecule has 12 heavy (non-hydrogen) atoms. The average Bonchev–Trinajstić information content (AvgIpc) is 2.49. The molecule has 0 unspecified atom stereocenters. The average molecular weight is 165 g/mol. The highest BCUT2D eigenvalue weighted by atomic mass is 16.3. The Morgan fingerprint density at radius 1 is 1.58 bits per heavy atom. The smallest absolute Gasteiger partial charge is 0.251 e. The molecule has 1 aliphatic heterocycles. The molecule has 0 aliphatic carbocycles. The van der Waals surface area contributed by atoms with Crippen LogP contribution >= 0.6 is 0 Å². The summed E-state index contributed by atoms with van der Waals surface area (Å²) in [4.78, 5) is 11.3. The van der Waals surface area contributed by atoms with Gasteiger partial charge in [0.05, 0.1) is 12.6 Å². The van der Waals surface area contributed by atoms with Crippen molar-refractivity contribution in [2.24, 2.45) is 0 Å². The Morgan fingerprint density at radius 2 is 2.42 bits per heavy atom. The van der Waals surface area contributed by atoms with Gasteiger partial charge in [-0.15, -0.1) is 0 Å². The van der Waals surface area contributed by atoms with E-state index in [0.717, 1.165) is 18.5 Å². The molecule has 64 valence electrons. The molecule has 0 bridgehead atoms. The summed E-state index contributed by atoms with van der Waals surface area (Å²) in [6.07, 6.45) is 1.79. The number of fused-ring (bicyclic) bond motifs is 1. The van der Waals surface area contributed by atoms with Crippen LogP contribution in [0.1, 0.15) is 18.2 Å². The molecule has 3 nitrogen and oxygen atoms in total. The molecule has 1 N–H and O–H groups in total. The van der Waals surface area contributed by atoms with Crippen molar-refractivity contribution in [2.75, 3.05) is 6.61 Å². The molecule has 0 fully saturated rings. The first-order chi connectivity index (χ1) is 5.83. The molecule has 2 heterocycles. The zero-order valence-electron chi connectivity index (χ0n) is 6.73. The van der Waals surface area contributed by atoms with E-state index >= 15 is 0 Å². The van der Waals surface area contributed by atoms with E-state index in [0.29, 0.717) is 0 Å². The number of pyridine rings is 1. The van der Waals surface area contributed by atoms with Gasteiger partial charge in [0, 0.05) is 11.8 Å². The molecular weight excluding hydrogens is 154 g/mol. The van der Waals surface area contributed by atoms with Gasteiger partial charge in [0.2, 0.25) is 0 Å². The lowest BCUT2D eigenvalue weighted by Gasteiger charge is -2.09. The fourth-order valence-corrected chi connectivity index (χ4v) is 1.78. The highest BCUT2D eigenvalue weighted by Crippen LogP contribution is 2.21. The van der Waals surface area contributed by atoms with Gasteiger partial charge in [-0.3, -0.25) is 4.79 Å². The number of aryl methyl sites for hydroxylation is 1. The van der Waals surface area contributed by atoms with Crippen molar-refractivity contribution in [3.05, 3.63) is 34.2 Å². The zero-order chi connectivity index (χ0) is 8.55. The van der Waals surface area contributed by atoms with Crippen LogP contribution in [0.15, 0.2) is 23.0 Å². The predicted octanol–water partition coefficient (Wildman–Crippen LogP) is 0.328. The quantitative estimate of drug-likeness (QED) is 0.651. The zero-order valence-corrected chi connectivity index (χ0v) is 6.73. The summed E-state index contributed by atoms with van der Waals surface area (Å²) in [7, 11) is 0. The van der Waals surface area contributed by atoms with E-state index < -0.39 is 0 Å². The van der Waals surface area contributed by atoms with E-state index in [2.05, 4.69) is 0 Å². The number of hydrogen-bond donors (Lipinski definition) is 1. The Kier molecular flexibility index (Phi) is 1.73. The summed E-state index contributed by atoms with van der Waals surface area (Å²) < 4.78 is 1.69. The lowest BCUT2D eigenvalue weighted by molar-refractivity contribution is 0.231. The van der Waals surface area contributed by atoms with Crippen LogP contribution in [0.4, 0.5) is 0 Å². The molecular formula is C9H11NO2. The molecule has 3 heteroatoms. The molecule has 1 aromatic heterocycles. The van der Waals surface area contributed by atoms with Crippen molar-refractivity contribution in [3.8, 4) is 0 Å². The Hall–Kier alpha value is -1.09. The fourth-order valence-electron chi connectivity index (χ4n) is 1.78. The fraction of sp³-hybridized carbons (Fsp3) is 0.444. The standard InChI is InChI=1S/C9H11NO2/c11-6-8-5-4-7-2-1-3-9(12)10(7)8/h1-3,8,11H,4-6H2/t8-/m0/s1. The molecule has 0 aromatic carbocycles. The SMILES string of the molecule is O=c1cccc2n1[C@H](CO)CC2. The summed E-state index contributed by atoms with van der Waals surface area (Å²) in [6, 6.07) is 5.26. The first-order valence-electron chi connectivity index (χ1n) is 4.14. The third-order valence-electron chi connectivity index (χ3n) is 2.38. The topological polar surface area (TPSA) is 42.2 Å². The van der Waals surface area contributed by atoms with Crippen molar-refractivity contribution in [3.63, 3.8) is 0 Å². The minimum absolute atomic E-state index is 0.00375. The van der Waals surface area contributed by atoms with Crippen molar-refractivity contribution >= 4 is 0 Å². The van der Waals surface area contributed by atoms with Crippen LogP contribution in [0.5, 0.6) is 0 Å². The number of rotatable bonds is 1. The second-order valence-electron chi connectivity index (χ2n) is 3.10. The number of aliphatic hydroxyl groups is 1. The second kappa shape index (κ2) is 2.75. The summed E-state index contributed by atoms with van der Waals surface area (Å²) in [5.74, 6) is 0. The lowest BCUT2D eigenvalue weighted by Crippen LogP contribution is -2.23. The van der Waals surface area contributed by atoms with Crippen LogP contribution in [0.2, 0.25) is 0 Å². The Labute approximate surface area is 70.3 Å². The van der Waals surface area contributed by atoms with E-state index in [4.69, 9.17) is 5.11 Å². The monoisotopic (exact) mass is 165 g/mol. The maximum Gasteiger partial charge on any atom is 0.251 e. The first-order valence-corrected chi connectivity index (χ1v) is 4.14. The van der Waals surface area contributed by atoms with E-state index in [1.54, 1.807) is 10.6 Å². The first kappa shape index (κ1) is 7.55. The molecule has 1 atom stereocenters. The van der Waals surface area contributed by atoms with Crippen LogP contribution in [0.25, 0.3) is 0 Å². The number of nitrogens with zero attached hydrogens (tertiary/aromatic N) is 1. The minimum atomic E-state index is 0.00375. The minimum Gasteiger partial charge on any atom is -0.394 e. The van der Waals surface area contributed by atoms with Crippen LogP contribution in [-0.4, -0.2) is 16.3 Å². The normalized spacial score (nSPS) is 20.9. The van der Waals surface area contributed by atoms with Crippen molar-refractivity contribution in [1.29, 1.82) is 0 Å². The number of aromatic nitrogens is 1. The van der Waals surface area contributed by atoms with Crippen LogP contribution < -0.4 is 5.56 Å². The summed E-state index contributed by atoms with van der Waals surface area (Å²) >= 11 is 0. The molecule has 0 saturated heterocycles. The third kappa shape index (κ3) is 0.975. The Morgan fingerprint density at radius 3 is 3.17 bits per heavy atom. The maximum absolute atomic E-state index is 11.3. The van der Waals surface area contributed by atoms with Gasteiger partial charge < -0.3 is 9.67 Å². The van der Waals surface area contributed by atoms with Gasteiger partial charge in [0.25, 0.3) is 5.56 Å². The van der Waals surface area contributed by atoms with Crippen molar-refractivity contribution in [2.45, 2.75) is 18.9 Å². The Balaban J connectivity index is 2.56. The van der Waals surface area contributed by atoms with E-state index in [1.807, 2.05) is 6.07 Å². The van der Waals surface area contributed by atoms with Gasteiger partial charge in [-0.2, -0.15) is 0 Å². The summed E-state index contributed by atoms with van der Waals surface area (Å²) in [6.45, 7) is 0.0664. The second-order valence-corrected chi connectivity index (χ2v) is 3.10. The largest absolute Gasteiger partial charge is 0.394 e. The lowest BCUT2D eigenvalue weighted by atomic mass is 10.2. The summed E-state index contributed by atoms with van der Waals surface area (Å²) in [5.41, 5.74) is 1.05. The van der Waals surface area contributed by atoms with E-state index in [9.17, 15) is 4.79 Å². The van der Waals surface area contributed by atoms with Crippen LogP contribution in [0, 0.1) is 0 Å². The van der Waals surface area contributed by atoms with Gasteiger partial charge in [0.1, 0.15) is 0 Å². The number of aliphatic hydroxyl groups excluding tert-OH is 1. The van der Waals surface area contributed by atoms with Crippen molar-refractivity contribution < 1.29 is 5.11 Å². The predicted molar refractivity (Wildman–Crippen MR) is 45.1 cm³/mol. The molecule has 1 aromatic rings. The molecule has 0 saturated carbocycles. The molecule has 0 spiro atoms. The van der Waals surface area contributed by atoms with E-state index in [1.165, 1.54) is 6.07 Å². The Bertz CT molecular complexity index is 343. The van der Waals surface area contributed by atoms with Gasteiger partial charge in [-0.25, -0.2) is 0 Å². The van der Waals surface area contributed by atoms with Crippen LogP contribution in [0.3, 0.4) is 0 Å². The maximum atomic E-state index is 11.3. The van der Waals surface area contributed by atoms with Crippen LogP contribution in [-0.2, 0) is 6.42 Å². The highest BCUT2D eigenvalue weighted by Gasteiger charge is 2.20. The molecule has 1 aliphatic rings. The summed E-state index contributed by atoms with van der Waals surface area (Å²) in [5, 5.41) is 8.98. The van der Waals surface area contributed by atoms with Gasteiger partial charge in [0.15, 0.2) is 0 Å². The molecule has 0 amide bonds.